The molecule has 0 N–H and O–H groups in total. The summed E-state index contributed by atoms with van der Waals surface area (Å²) in [6.07, 6.45) is 6.06. The van der Waals surface area contributed by atoms with E-state index in [-0.39, 0.29) is 6.10 Å². The summed E-state index contributed by atoms with van der Waals surface area (Å²) in [6, 6.07) is 0.348. The van der Waals surface area contributed by atoms with E-state index in [4.69, 9.17) is 4.74 Å². The smallest absolute Gasteiger partial charge is 0.101 e. The van der Waals surface area contributed by atoms with Gasteiger partial charge >= 0.3 is 0 Å². The normalized spacial score (nSPS) is 20.4. The van der Waals surface area contributed by atoms with Gasteiger partial charge in [0, 0.05) is 12.6 Å². The van der Waals surface area contributed by atoms with Gasteiger partial charge in [-0.25, -0.2) is 4.68 Å². The molecule has 0 bridgehead atoms. The Morgan fingerprint density at radius 2 is 2.00 bits per heavy atom. The molecule has 0 fully saturated rings. The highest BCUT2D eigenvalue weighted by Gasteiger charge is 2.25. The second kappa shape index (κ2) is 6.51. The van der Waals surface area contributed by atoms with E-state index in [0.29, 0.717) is 12.0 Å². The van der Waals surface area contributed by atoms with Crippen LogP contribution in [0.25, 0.3) is 0 Å². The van der Waals surface area contributed by atoms with Gasteiger partial charge in [-0.3, -0.25) is 0 Å². The molecular weight excluding hydrogens is 238 g/mol. The van der Waals surface area contributed by atoms with Crippen molar-refractivity contribution in [3.63, 3.8) is 0 Å². The van der Waals surface area contributed by atoms with Crippen LogP contribution in [0.5, 0.6) is 0 Å². The zero-order chi connectivity index (χ0) is 13.8. The van der Waals surface area contributed by atoms with Gasteiger partial charge in [0.25, 0.3) is 0 Å². The third kappa shape index (κ3) is 3.56. The zero-order valence-electron chi connectivity index (χ0n) is 12.7. The lowest BCUT2D eigenvalue weighted by molar-refractivity contribution is 0.0203. The number of ether oxygens (including phenoxy) is 1. The molecule has 1 atom stereocenters. The molecule has 0 amide bonds. The second-order valence-electron chi connectivity index (χ2n) is 6.27. The molecule has 4 heteroatoms. The van der Waals surface area contributed by atoms with Gasteiger partial charge in [0.2, 0.25) is 0 Å². The summed E-state index contributed by atoms with van der Waals surface area (Å²) < 4.78 is 8.22. The first-order valence-electron chi connectivity index (χ1n) is 7.65. The van der Waals surface area contributed by atoms with Crippen molar-refractivity contribution >= 4 is 0 Å². The molecular formula is C15H27N3O. The molecule has 1 aliphatic rings. The molecule has 0 spiro atoms. The fraction of sp³-hybridized carbons (Fsp3) is 0.867. The lowest BCUT2D eigenvalue weighted by Gasteiger charge is -2.24. The van der Waals surface area contributed by atoms with Gasteiger partial charge in [-0.1, -0.05) is 31.9 Å². The van der Waals surface area contributed by atoms with E-state index in [1.54, 1.807) is 0 Å². The fourth-order valence-corrected chi connectivity index (χ4v) is 2.63. The first-order chi connectivity index (χ1) is 9.09. The molecule has 1 unspecified atom stereocenters. The van der Waals surface area contributed by atoms with E-state index in [2.05, 4.69) is 42.7 Å². The van der Waals surface area contributed by atoms with Gasteiger partial charge in [0.15, 0.2) is 0 Å². The topological polar surface area (TPSA) is 39.9 Å². The fourth-order valence-electron chi connectivity index (χ4n) is 2.63. The summed E-state index contributed by atoms with van der Waals surface area (Å²) in [7, 11) is 0. The Morgan fingerprint density at radius 3 is 2.68 bits per heavy atom. The Balaban J connectivity index is 2.25. The molecule has 0 saturated heterocycles. The van der Waals surface area contributed by atoms with Gasteiger partial charge in [-0.15, -0.1) is 5.10 Å². The maximum absolute atomic E-state index is 6.15. The minimum absolute atomic E-state index is 0.176. The van der Waals surface area contributed by atoms with Crippen LogP contribution in [0.2, 0.25) is 0 Å². The summed E-state index contributed by atoms with van der Waals surface area (Å²) in [6.45, 7) is 9.53. The molecule has 19 heavy (non-hydrogen) atoms. The molecule has 0 saturated carbocycles. The standard InChI is InChI=1S/C15H27N3O/c1-11(2)10-19-14-9-7-5-6-8-13-15(14)18(12(3)4)17-16-13/h11-12,14H,5-10H2,1-4H3. The maximum Gasteiger partial charge on any atom is 0.101 e. The van der Waals surface area contributed by atoms with Crippen LogP contribution in [0.4, 0.5) is 0 Å². The van der Waals surface area contributed by atoms with Crippen LogP contribution in [0, 0.1) is 5.92 Å². The molecule has 108 valence electrons. The molecule has 0 aromatic carbocycles. The number of hydrogen-bond acceptors (Lipinski definition) is 3. The Bertz CT molecular complexity index is 398. The molecule has 1 heterocycles. The van der Waals surface area contributed by atoms with Crippen molar-refractivity contribution in [2.75, 3.05) is 6.61 Å². The monoisotopic (exact) mass is 265 g/mol. The Morgan fingerprint density at radius 1 is 1.21 bits per heavy atom. The van der Waals surface area contributed by atoms with Crippen LogP contribution in [0.15, 0.2) is 0 Å². The van der Waals surface area contributed by atoms with Crippen LogP contribution in [0.3, 0.4) is 0 Å². The summed E-state index contributed by atoms with van der Waals surface area (Å²) in [5.74, 6) is 0.567. The molecule has 1 aromatic heterocycles. The van der Waals surface area contributed by atoms with Gasteiger partial charge in [-0.05, 0) is 39.0 Å². The van der Waals surface area contributed by atoms with Crippen LogP contribution in [-0.4, -0.2) is 21.6 Å². The highest BCUT2D eigenvalue weighted by Crippen LogP contribution is 2.31. The average molecular weight is 265 g/mol. The van der Waals surface area contributed by atoms with E-state index < -0.39 is 0 Å². The zero-order valence-corrected chi connectivity index (χ0v) is 12.7. The number of nitrogens with zero attached hydrogens (tertiary/aromatic N) is 3. The van der Waals surface area contributed by atoms with E-state index in [1.165, 1.54) is 25.0 Å². The lowest BCUT2D eigenvalue weighted by Crippen LogP contribution is -2.18. The number of fused-ring (bicyclic) bond motifs is 1. The number of aryl methyl sites for hydroxylation is 1. The molecule has 0 radical (unpaired) electrons. The molecule has 0 aliphatic heterocycles. The van der Waals surface area contributed by atoms with Crippen molar-refractivity contribution in [1.82, 2.24) is 15.0 Å². The Kier molecular flexibility index (Phi) is 4.97. The van der Waals surface area contributed by atoms with Gasteiger partial charge in [0.05, 0.1) is 11.4 Å². The average Bonchev–Trinajstić information content (AvgIpc) is 2.71. The lowest BCUT2D eigenvalue weighted by atomic mass is 9.98. The molecule has 2 rings (SSSR count). The van der Waals surface area contributed by atoms with Crippen molar-refractivity contribution in [2.45, 2.75) is 71.9 Å². The number of aromatic nitrogens is 3. The van der Waals surface area contributed by atoms with Crippen LogP contribution >= 0.6 is 0 Å². The van der Waals surface area contributed by atoms with Crippen molar-refractivity contribution in [2.24, 2.45) is 5.92 Å². The van der Waals surface area contributed by atoms with Crippen molar-refractivity contribution < 1.29 is 4.74 Å². The molecule has 1 aliphatic carbocycles. The van der Waals surface area contributed by atoms with Crippen molar-refractivity contribution in [3.8, 4) is 0 Å². The van der Waals surface area contributed by atoms with Gasteiger partial charge < -0.3 is 4.74 Å². The quantitative estimate of drug-likeness (QED) is 0.833. The maximum atomic E-state index is 6.15. The summed E-state index contributed by atoms with van der Waals surface area (Å²) >= 11 is 0. The van der Waals surface area contributed by atoms with E-state index >= 15 is 0 Å². The van der Waals surface area contributed by atoms with E-state index in [0.717, 1.165) is 25.1 Å². The first-order valence-corrected chi connectivity index (χ1v) is 7.65. The van der Waals surface area contributed by atoms with Crippen molar-refractivity contribution in [3.05, 3.63) is 11.4 Å². The van der Waals surface area contributed by atoms with Crippen LogP contribution < -0.4 is 0 Å². The highest BCUT2D eigenvalue weighted by molar-refractivity contribution is 5.15. The SMILES string of the molecule is CC(C)COC1CCCCCc2nnn(C(C)C)c21. The van der Waals surface area contributed by atoms with E-state index in [1.807, 2.05) is 0 Å². The predicted molar refractivity (Wildman–Crippen MR) is 76.1 cm³/mol. The first kappa shape index (κ1) is 14.5. The summed E-state index contributed by atoms with van der Waals surface area (Å²) in [4.78, 5) is 0. The molecule has 1 aromatic rings. The van der Waals surface area contributed by atoms with Crippen LogP contribution in [0.1, 0.15) is 76.9 Å². The second-order valence-corrected chi connectivity index (χ2v) is 6.27. The van der Waals surface area contributed by atoms with Crippen LogP contribution in [-0.2, 0) is 11.2 Å². The largest absolute Gasteiger partial charge is 0.372 e. The third-order valence-corrected chi connectivity index (χ3v) is 3.61. The number of hydrogen-bond donors (Lipinski definition) is 0. The summed E-state index contributed by atoms with van der Waals surface area (Å²) in [5, 5.41) is 8.73. The van der Waals surface area contributed by atoms with E-state index in [9.17, 15) is 0 Å². The Labute approximate surface area is 116 Å². The Hall–Kier alpha value is -0.900. The number of rotatable bonds is 4. The highest BCUT2D eigenvalue weighted by atomic mass is 16.5. The van der Waals surface area contributed by atoms with Gasteiger partial charge in [-0.2, -0.15) is 0 Å². The minimum Gasteiger partial charge on any atom is -0.372 e. The predicted octanol–water partition coefficient (Wildman–Crippen LogP) is 3.69. The van der Waals surface area contributed by atoms with Gasteiger partial charge in [0.1, 0.15) is 6.10 Å². The minimum atomic E-state index is 0.176. The van der Waals surface area contributed by atoms with Crippen molar-refractivity contribution in [1.29, 1.82) is 0 Å². The molecule has 4 nitrogen and oxygen atoms in total. The third-order valence-electron chi connectivity index (χ3n) is 3.61. The summed E-state index contributed by atoms with van der Waals surface area (Å²) in [5.41, 5.74) is 2.39.